The van der Waals surface area contributed by atoms with Gasteiger partial charge in [0.2, 0.25) is 0 Å². The second-order valence-corrected chi connectivity index (χ2v) is 5.02. The molecular formula is C16H14FNO3. The van der Waals surface area contributed by atoms with Crippen LogP contribution in [0, 0.1) is 12.7 Å². The quantitative estimate of drug-likeness (QED) is 0.892. The molecule has 1 atom stereocenters. The largest absolute Gasteiger partial charge is 0.482 e. The molecule has 0 radical (unpaired) electrons. The predicted molar refractivity (Wildman–Crippen MR) is 75.8 cm³/mol. The van der Waals surface area contributed by atoms with Crippen molar-refractivity contribution in [1.29, 1.82) is 0 Å². The summed E-state index contributed by atoms with van der Waals surface area (Å²) in [5, 5.41) is 13.0. The number of aliphatic hydroxyl groups is 1. The van der Waals surface area contributed by atoms with Crippen LogP contribution in [0.4, 0.5) is 10.1 Å². The van der Waals surface area contributed by atoms with Crippen molar-refractivity contribution in [3.63, 3.8) is 0 Å². The van der Waals surface area contributed by atoms with Crippen LogP contribution in [0.25, 0.3) is 0 Å². The van der Waals surface area contributed by atoms with E-state index in [0.717, 1.165) is 5.56 Å². The molecule has 0 bridgehead atoms. The Bertz CT molecular complexity index is 715. The summed E-state index contributed by atoms with van der Waals surface area (Å²) in [4.78, 5) is 11.3. The lowest BCUT2D eigenvalue weighted by molar-refractivity contribution is -0.118. The number of fused-ring (bicyclic) bond motifs is 1. The van der Waals surface area contributed by atoms with Crippen LogP contribution in [0.5, 0.6) is 5.75 Å². The highest BCUT2D eigenvalue weighted by atomic mass is 19.1. The van der Waals surface area contributed by atoms with E-state index in [1.165, 1.54) is 6.07 Å². The average molecular weight is 287 g/mol. The van der Waals surface area contributed by atoms with Crippen molar-refractivity contribution >= 4 is 11.6 Å². The Kier molecular flexibility index (Phi) is 3.35. The summed E-state index contributed by atoms with van der Waals surface area (Å²) in [7, 11) is 0. The molecule has 0 aliphatic carbocycles. The van der Waals surface area contributed by atoms with Gasteiger partial charge in [0.15, 0.2) is 6.61 Å². The maximum Gasteiger partial charge on any atom is 0.262 e. The van der Waals surface area contributed by atoms with Gasteiger partial charge in [-0.1, -0.05) is 18.2 Å². The standard InChI is InChI=1S/C16H14FNO3/c1-9-2-4-11(12(17)6-9)16(20)10-3-5-14-13(7-10)18-15(19)8-21-14/h2-7,16,20H,8H2,1H3,(H,18,19). The molecule has 1 amide bonds. The molecule has 5 heteroatoms. The van der Waals surface area contributed by atoms with Crippen LogP contribution < -0.4 is 10.1 Å². The van der Waals surface area contributed by atoms with Gasteiger partial charge in [0.1, 0.15) is 17.7 Å². The lowest BCUT2D eigenvalue weighted by Crippen LogP contribution is -2.25. The van der Waals surface area contributed by atoms with Gasteiger partial charge in [-0.2, -0.15) is 0 Å². The number of ether oxygens (including phenoxy) is 1. The van der Waals surface area contributed by atoms with E-state index in [2.05, 4.69) is 5.32 Å². The SMILES string of the molecule is Cc1ccc(C(O)c2ccc3c(c2)NC(=O)CO3)c(F)c1. The van der Waals surface area contributed by atoms with Crippen LogP contribution in [0.2, 0.25) is 0 Å². The Labute approximate surface area is 121 Å². The van der Waals surface area contributed by atoms with Crippen LogP contribution in [-0.2, 0) is 4.79 Å². The number of carbonyl (C=O) groups excluding carboxylic acids is 1. The molecule has 1 aliphatic rings. The molecule has 21 heavy (non-hydrogen) atoms. The Balaban J connectivity index is 1.96. The third-order valence-corrected chi connectivity index (χ3v) is 3.40. The minimum absolute atomic E-state index is 0.0263. The number of nitrogens with one attached hydrogen (secondary N) is 1. The Morgan fingerprint density at radius 3 is 2.86 bits per heavy atom. The van der Waals surface area contributed by atoms with Crippen molar-refractivity contribution in [2.75, 3.05) is 11.9 Å². The van der Waals surface area contributed by atoms with E-state index in [1.54, 1.807) is 37.3 Å². The monoisotopic (exact) mass is 287 g/mol. The van der Waals surface area contributed by atoms with Gasteiger partial charge in [0.05, 0.1) is 5.69 Å². The van der Waals surface area contributed by atoms with E-state index in [-0.39, 0.29) is 18.1 Å². The number of anilines is 1. The number of hydrogen-bond acceptors (Lipinski definition) is 3. The van der Waals surface area contributed by atoms with Gasteiger partial charge in [-0.15, -0.1) is 0 Å². The first-order chi connectivity index (χ1) is 10.0. The number of aryl methyl sites for hydroxylation is 1. The lowest BCUT2D eigenvalue weighted by atomic mass is 9.99. The highest BCUT2D eigenvalue weighted by Crippen LogP contribution is 2.33. The van der Waals surface area contributed by atoms with E-state index in [9.17, 15) is 14.3 Å². The van der Waals surface area contributed by atoms with Crippen molar-refractivity contribution < 1.29 is 19.0 Å². The van der Waals surface area contributed by atoms with Gasteiger partial charge in [-0.3, -0.25) is 4.79 Å². The zero-order valence-corrected chi connectivity index (χ0v) is 11.4. The molecule has 0 saturated heterocycles. The summed E-state index contributed by atoms with van der Waals surface area (Å²) in [6.45, 7) is 1.76. The van der Waals surface area contributed by atoms with Crippen molar-refractivity contribution in [3.8, 4) is 5.75 Å². The van der Waals surface area contributed by atoms with Crippen LogP contribution in [0.1, 0.15) is 22.8 Å². The molecule has 2 N–H and O–H groups in total. The molecule has 0 spiro atoms. The Morgan fingerprint density at radius 1 is 1.29 bits per heavy atom. The number of rotatable bonds is 2. The molecule has 3 rings (SSSR count). The minimum atomic E-state index is -1.10. The normalized spacial score (nSPS) is 14.9. The summed E-state index contributed by atoms with van der Waals surface area (Å²) in [6, 6.07) is 9.58. The fourth-order valence-corrected chi connectivity index (χ4v) is 2.30. The third kappa shape index (κ3) is 2.60. The molecule has 0 fully saturated rings. The predicted octanol–water partition coefficient (Wildman–Crippen LogP) is 2.55. The molecule has 0 saturated carbocycles. The van der Waals surface area contributed by atoms with E-state index in [0.29, 0.717) is 17.0 Å². The maximum absolute atomic E-state index is 13.9. The highest BCUT2D eigenvalue weighted by molar-refractivity contribution is 5.95. The van der Waals surface area contributed by atoms with Crippen LogP contribution >= 0.6 is 0 Å². The van der Waals surface area contributed by atoms with Crippen molar-refractivity contribution in [2.45, 2.75) is 13.0 Å². The van der Waals surface area contributed by atoms with E-state index < -0.39 is 11.9 Å². The summed E-state index contributed by atoms with van der Waals surface area (Å²) >= 11 is 0. The first-order valence-corrected chi connectivity index (χ1v) is 6.55. The second-order valence-electron chi connectivity index (χ2n) is 5.02. The van der Waals surface area contributed by atoms with Gasteiger partial charge in [0.25, 0.3) is 5.91 Å². The molecule has 1 unspecified atom stereocenters. The van der Waals surface area contributed by atoms with Crippen molar-refractivity contribution in [3.05, 3.63) is 58.9 Å². The van der Waals surface area contributed by atoms with Gasteiger partial charge < -0.3 is 15.2 Å². The molecule has 1 aliphatic heterocycles. The molecule has 0 aromatic heterocycles. The van der Waals surface area contributed by atoms with Crippen molar-refractivity contribution in [1.82, 2.24) is 0 Å². The average Bonchev–Trinajstić information content (AvgIpc) is 2.46. The fraction of sp³-hybridized carbons (Fsp3) is 0.188. The first kappa shape index (κ1) is 13.6. The van der Waals surface area contributed by atoms with Crippen LogP contribution in [0.15, 0.2) is 36.4 Å². The number of benzene rings is 2. The molecule has 2 aromatic carbocycles. The minimum Gasteiger partial charge on any atom is -0.482 e. The number of carbonyl (C=O) groups is 1. The molecule has 1 heterocycles. The zero-order chi connectivity index (χ0) is 15.0. The second kappa shape index (κ2) is 5.18. The first-order valence-electron chi connectivity index (χ1n) is 6.55. The maximum atomic E-state index is 13.9. The zero-order valence-electron chi connectivity index (χ0n) is 11.4. The van der Waals surface area contributed by atoms with Crippen LogP contribution in [0.3, 0.4) is 0 Å². The van der Waals surface area contributed by atoms with Crippen LogP contribution in [-0.4, -0.2) is 17.6 Å². The number of amides is 1. The summed E-state index contributed by atoms with van der Waals surface area (Å²) < 4.78 is 19.2. The highest BCUT2D eigenvalue weighted by Gasteiger charge is 2.20. The van der Waals surface area contributed by atoms with Gasteiger partial charge >= 0.3 is 0 Å². The summed E-state index contributed by atoms with van der Waals surface area (Å²) in [5.41, 5.74) is 1.95. The van der Waals surface area contributed by atoms with Gasteiger partial charge in [-0.05, 0) is 36.2 Å². The third-order valence-electron chi connectivity index (χ3n) is 3.40. The topological polar surface area (TPSA) is 58.6 Å². The number of halogens is 1. The molecule has 4 nitrogen and oxygen atoms in total. The summed E-state index contributed by atoms with van der Waals surface area (Å²) in [5.74, 6) is -0.175. The molecular weight excluding hydrogens is 273 g/mol. The summed E-state index contributed by atoms with van der Waals surface area (Å²) in [6.07, 6.45) is -1.10. The number of aliphatic hydroxyl groups excluding tert-OH is 1. The van der Waals surface area contributed by atoms with E-state index in [1.807, 2.05) is 0 Å². The molecule has 2 aromatic rings. The van der Waals surface area contributed by atoms with Gasteiger partial charge in [-0.25, -0.2) is 4.39 Å². The van der Waals surface area contributed by atoms with Gasteiger partial charge in [0, 0.05) is 5.56 Å². The molecule has 108 valence electrons. The Hall–Kier alpha value is -2.40. The fourth-order valence-electron chi connectivity index (χ4n) is 2.30. The lowest BCUT2D eigenvalue weighted by Gasteiger charge is -2.20. The smallest absolute Gasteiger partial charge is 0.262 e. The number of hydrogen-bond donors (Lipinski definition) is 2. The van der Waals surface area contributed by atoms with Crippen molar-refractivity contribution in [2.24, 2.45) is 0 Å². The van der Waals surface area contributed by atoms with E-state index >= 15 is 0 Å². The van der Waals surface area contributed by atoms with E-state index in [4.69, 9.17) is 4.74 Å². The Morgan fingerprint density at radius 2 is 2.10 bits per heavy atom.